The second-order valence-corrected chi connectivity index (χ2v) is 6.70. The first-order valence-electron chi connectivity index (χ1n) is 8.26. The van der Waals surface area contributed by atoms with Crippen molar-refractivity contribution in [1.82, 2.24) is 4.90 Å². The molecule has 0 spiro atoms. The third-order valence-electron chi connectivity index (χ3n) is 4.66. The number of hydrogen-bond donors (Lipinski definition) is 3. The number of phenols is 1. The van der Waals surface area contributed by atoms with Gasteiger partial charge in [0, 0.05) is 23.6 Å². The molecular weight excluding hydrogens is 322 g/mol. The van der Waals surface area contributed by atoms with Crippen LogP contribution in [-0.4, -0.2) is 52.3 Å². The molecule has 1 aromatic carbocycles. The highest BCUT2D eigenvalue weighted by molar-refractivity contribution is 5.89. The van der Waals surface area contributed by atoms with Crippen LogP contribution in [0.3, 0.4) is 0 Å². The van der Waals surface area contributed by atoms with Crippen LogP contribution in [-0.2, 0) is 15.0 Å². The van der Waals surface area contributed by atoms with Crippen LogP contribution in [0, 0.1) is 0 Å². The largest absolute Gasteiger partial charge is 0.508 e. The van der Waals surface area contributed by atoms with Crippen molar-refractivity contribution in [3.8, 4) is 5.75 Å². The van der Waals surface area contributed by atoms with Crippen LogP contribution in [0.15, 0.2) is 36.4 Å². The molecule has 1 aliphatic rings. The number of benzene rings is 1. The highest BCUT2D eigenvalue weighted by atomic mass is 16.4. The zero-order valence-electron chi connectivity index (χ0n) is 15.0. The standard InChI is InChI=1S/C15H23NO.C4H4O4/c1-15(12-7-6-8-13(17)11-12)10-5-4-9-14(15)16(2)3;5-3(6)1-2-4(7)8/h6-8,11,14,17H,4-5,9-10H2,1-3H3;1-2H,(H,5,6)(H,7,8). The van der Waals surface area contributed by atoms with Crippen LogP contribution in [0.4, 0.5) is 0 Å². The molecule has 1 aliphatic carbocycles. The Morgan fingerprint density at radius 1 is 1.16 bits per heavy atom. The summed E-state index contributed by atoms with van der Waals surface area (Å²) in [5.41, 5.74) is 1.44. The molecule has 25 heavy (non-hydrogen) atoms. The molecule has 0 aliphatic heterocycles. The summed E-state index contributed by atoms with van der Waals surface area (Å²) in [6.07, 6.45) is 6.18. The van der Waals surface area contributed by atoms with Gasteiger partial charge in [0.1, 0.15) is 5.75 Å². The maximum atomic E-state index is 9.67. The minimum Gasteiger partial charge on any atom is -0.508 e. The van der Waals surface area contributed by atoms with Crippen molar-refractivity contribution < 1.29 is 24.9 Å². The zero-order chi connectivity index (χ0) is 19.0. The molecule has 138 valence electrons. The number of aromatic hydroxyl groups is 1. The highest BCUT2D eigenvalue weighted by Crippen LogP contribution is 2.41. The van der Waals surface area contributed by atoms with E-state index in [1.54, 1.807) is 6.07 Å². The summed E-state index contributed by atoms with van der Waals surface area (Å²) in [4.78, 5) is 21.4. The number of aliphatic carboxylic acids is 2. The number of likely N-dealkylation sites (N-methyl/N-ethyl adjacent to an activating group) is 1. The molecule has 1 saturated carbocycles. The van der Waals surface area contributed by atoms with Gasteiger partial charge in [-0.1, -0.05) is 31.9 Å². The second kappa shape index (κ2) is 9.22. The van der Waals surface area contributed by atoms with Gasteiger partial charge in [-0.25, -0.2) is 9.59 Å². The van der Waals surface area contributed by atoms with E-state index in [0.29, 0.717) is 23.9 Å². The van der Waals surface area contributed by atoms with Crippen LogP contribution in [0.5, 0.6) is 5.75 Å². The molecule has 6 heteroatoms. The van der Waals surface area contributed by atoms with Crippen LogP contribution >= 0.6 is 0 Å². The fourth-order valence-corrected chi connectivity index (χ4v) is 3.48. The number of carboxylic acids is 2. The van der Waals surface area contributed by atoms with Gasteiger partial charge in [-0.15, -0.1) is 0 Å². The second-order valence-electron chi connectivity index (χ2n) is 6.70. The van der Waals surface area contributed by atoms with Gasteiger partial charge >= 0.3 is 11.9 Å². The summed E-state index contributed by atoms with van der Waals surface area (Å²) in [6, 6.07) is 8.36. The first-order valence-corrected chi connectivity index (χ1v) is 8.26. The van der Waals surface area contributed by atoms with Crippen molar-refractivity contribution in [2.45, 2.75) is 44.1 Å². The monoisotopic (exact) mass is 349 g/mol. The predicted molar refractivity (Wildman–Crippen MR) is 95.8 cm³/mol. The van der Waals surface area contributed by atoms with Gasteiger partial charge in [-0.05, 0) is 44.6 Å². The van der Waals surface area contributed by atoms with Crippen molar-refractivity contribution in [3.63, 3.8) is 0 Å². The number of carbonyl (C=O) groups is 2. The van der Waals surface area contributed by atoms with E-state index in [-0.39, 0.29) is 5.41 Å². The number of phenolic OH excluding ortho intramolecular Hbond substituents is 1. The molecule has 1 aromatic rings. The Morgan fingerprint density at radius 3 is 2.24 bits per heavy atom. The van der Waals surface area contributed by atoms with Gasteiger partial charge in [-0.2, -0.15) is 0 Å². The van der Waals surface area contributed by atoms with Crippen molar-refractivity contribution in [1.29, 1.82) is 0 Å². The van der Waals surface area contributed by atoms with Gasteiger partial charge in [0.15, 0.2) is 0 Å². The van der Waals surface area contributed by atoms with Crippen molar-refractivity contribution in [3.05, 3.63) is 42.0 Å². The molecule has 2 unspecified atom stereocenters. The van der Waals surface area contributed by atoms with Crippen LogP contribution < -0.4 is 0 Å². The van der Waals surface area contributed by atoms with Gasteiger partial charge < -0.3 is 20.2 Å². The van der Waals surface area contributed by atoms with E-state index < -0.39 is 11.9 Å². The molecule has 0 bridgehead atoms. The summed E-state index contributed by atoms with van der Waals surface area (Å²) < 4.78 is 0. The topological polar surface area (TPSA) is 98.1 Å². The third-order valence-corrected chi connectivity index (χ3v) is 4.66. The maximum Gasteiger partial charge on any atom is 0.328 e. The molecule has 3 N–H and O–H groups in total. The van der Waals surface area contributed by atoms with E-state index >= 15 is 0 Å². The Morgan fingerprint density at radius 2 is 1.76 bits per heavy atom. The minimum atomic E-state index is -1.26. The Bertz CT molecular complexity index is 610. The fraction of sp³-hybridized carbons (Fsp3) is 0.474. The Kier molecular flexibility index (Phi) is 7.64. The molecular formula is C19H27NO5. The van der Waals surface area contributed by atoms with Crippen molar-refractivity contribution >= 4 is 11.9 Å². The summed E-state index contributed by atoms with van der Waals surface area (Å²) in [5, 5.41) is 25.3. The number of hydrogen-bond acceptors (Lipinski definition) is 4. The van der Waals surface area contributed by atoms with E-state index in [2.05, 4.69) is 32.0 Å². The smallest absolute Gasteiger partial charge is 0.328 e. The van der Waals surface area contributed by atoms with Crippen molar-refractivity contribution in [2.75, 3.05) is 14.1 Å². The summed E-state index contributed by atoms with van der Waals surface area (Å²) in [6.45, 7) is 2.34. The minimum absolute atomic E-state index is 0.167. The summed E-state index contributed by atoms with van der Waals surface area (Å²) in [5.74, 6) is -2.13. The Balaban J connectivity index is 0.000000333. The van der Waals surface area contributed by atoms with Gasteiger partial charge in [0.2, 0.25) is 0 Å². The average molecular weight is 349 g/mol. The lowest BCUT2D eigenvalue weighted by Crippen LogP contribution is -2.48. The first kappa shape index (κ1) is 20.7. The molecule has 0 amide bonds. The van der Waals surface area contributed by atoms with E-state index in [1.807, 2.05) is 12.1 Å². The number of rotatable bonds is 4. The first-order chi connectivity index (χ1) is 11.7. The lowest BCUT2D eigenvalue weighted by atomic mass is 9.67. The lowest BCUT2D eigenvalue weighted by molar-refractivity contribution is -0.134. The normalized spacial score (nSPS) is 23.1. The molecule has 0 radical (unpaired) electrons. The summed E-state index contributed by atoms with van der Waals surface area (Å²) in [7, 11) is 4.33. The van der Waals surface area contributed by atoms with E-state index in [9.17, 15) is 14.7 Å². The Hall–Kier alpha value is -2.34. The molecule has 0 aromatic heterocycles. The van der Waals surface area contributed by atoms with Crippen molar-refractivity contribution in [2.24, 2.45) is 0 Å². The van der Waals surface area contributed by atoms with Crippen LogP contribution in [0.1, 0.15) is 38.2 Å². The third kappa shape index (κ3) is 6.23. The molecule has 0 heterocycles. The van der Waals surface area contributed by atoms with E-state index in [4.69, 9.17) is 10.2 Å². The SMILES string of the molecule is CN(C)C1CCCCC1(C)c1cccc(O)c1.O=C(O)C=CC(=O)O. The lowest BCUT2D eigenvalue weighted by Gasteiger charge is -2.45. The molecule has 6 nitrogen and oxygen atoms in total. The highest BCUT2D eigenvalue weighted by Gasteiger charge is 2.39. The molecule has 1 fully saturated rings. The Labute approximate surface area is 148 Å². The molecule has 2 atom stereocenters. The average Bonchev–Trinajstić information content (AvgIpc) is 2.53. The predicted octanol–water partition coefficient (Wildman–Crippen LogP) is 2.87. The zero-order valence-corrected chi connectivity index (χ0v) is 15.0. The van der Waals surface area contributed by atoms with Gasteiger partial charge in [-0.3, -0.25) is 0 Å². The number of carboxylic acid groups (broad SMARTS) is 2. The van der Waals surface area contributed by atoms with Crippen LogP contribution in [0.25, 0.3) is 0 Å². The quantitative estimate of drug-likeness (QED) is 0.723. The fourth-order valence-electron chi connectivity index (χ4n) is 3.48. The van der Waals surface area contributed by atoms with Gasteiger partial charge in [0.25, 0.3) is 0 Å². The van der Waals surface area contributed by atoms with E-state index in [1.165, 1.54) is 31.2 Å². The summed E-state index contributed by atoms with van der Waals surface area (Å²) >= 11 is 0. The van der Waals surface area contributed by atoms with Crippen LogP contribution in [0.2, 0.25) is 0 Å². The molecule has 2 rings (SSSR count). The van der Waals surface area contributed by atoms with Gasteiger partial charge in [0.05, 0.1) is 0 Å². The number of nitrogens with zero attached hydrogens (tertiary/aromatic N) is 1. The molecule has 0 saturated heterocycles. The van der Waals surface area contributed by atoms with E-state index in [0.717, 1.165) is 0 Å². The maximum absolute atomic E-state index is 9.67.